The molecule has 0 saturated heterocycles. The van der Waals surface area contributed by atoms with Gasteiger partial charge in [-0.1, -0.05) is 49.9 Å². The normalized spacial score (nSPS) is 10.2. The van der Waals surface area contributed by atoms with Crippen LogP contribution in [0.3, 0.4) is 0 Å². The summed E-state index contributed by atoms with van der Waals surface area (Å²) in [5, 5.41) is 9.36. The number of esters is 1. The highest BCUT2D eigenvalue weighted by atomic mass is 16.5. The summed E-state index contributed by atoms with van der Waals surface area (Å²) in [6, 6.07) is 12.5. The number of carbonyl (C=O) groups is 2. The van der Waals surface area contributed by atoms with Gasteiger partial charge in [0.05, 0.1) is 0 Å². The van der Waals surface area contributed by atoms with Crippen LogP contribution in [0.15, 0.2) is 54.6 Å². The molecule has 0 aliphatic carbocycles. The molecule has 0 aliphatic heterocycles. The molecule has 0 bridgehead atoms. The Morgan fingerprint density at radius 3 is 2.30 bits per heavy atom. The molecule has 1 N–H and O–H groups in total. The van der Waals surface area contributed by atoms with E-state index < -0.39 is 11.9 Å². The average molecular weight is 310 g/mol. The minimum Gasteiger partial charge on any atom is -0.478 e. The maximum atomic E-state index is 11.9. The lowest BCUT2D eigenvalue weighted by Gasteiger charge is -2.13. The summed E-state index contributed by atoms with van der Waals surface area (Å²) >= 11 is 0. The van der Waals surface area contributed by atoms with E-state index in [1.807, 2.05) is 24.3 Å². The van der Waals surface area contributed by atoms with Crippen molar-refractivity contribution in [2.24, 2.45) is 0 Å². The third-order valence-electron chi connectivity index (χ3n) is 3.46. The zero-order valence-corrected chi connectivity index (χ0v) is 13.1. The molecule has 0 radical (unpaired) electrons. The molecule has 0 unspecified atom stereocenters. The van der Waals surface area contributed by atoms with Crippen molar-refractivity contribution in [2.45, 2.75) is 20.3 Å². The van der Waals surface area contributed by atoms with Crippen molar-refractivity contribution in [3.05, 3.63) is 65.7 Å². The van der Waals surface area contributed by atoms with Gasteiger partial charge in [0.15, 0.2) is 5.75 Å². The van der Waals surface area contributed by atoms with Crippen molar-refractivity contribution in [3.63, 3.8) is 0 Å². The Bertz CT molecular complexity index is 757. The predicted octanol–water partition coefficient (Wildman–Crippen LogP) is 4.10. The number of aromatic carboxylic acids is 1. The van der Waals surface area contributed by atoms with Gasteiger partial charge in [-0.05, 0) is 30.5 Å². The molecule has 2 aromatic rings. The van der Waals surface area contributed by atoms with Gasteiger partial charge in [-0.3, -0.25) is 0 Å². The van der Waals surface area contributed by atoms with Gasteiger partial charge in [0.2, 0.25) is 0 Å². The van der Waals surface area contributed by atoms with Crippen LogP contribution in [0, 0.1) is 0 Å². The summed E-state index contributed by atoms with van der Waals surface area (Å²) in [7, 11) is 0. The molecule has 2 aromatic carbocycles. The maximum absolute atomic E-state index is 11.9. The lowest BCUT2D eigenvalue weighted by molar-refractivity contribution is -0.130. The molecule has 23 heavy (non-hydrogen) atoms. The summed E-state index contributed by atoms with van der Waals surface area (Å²) in [6.07, 6.45) is 0.910. The molecule has 4 nitrogen and oxygen atoms in total. The molecule has 118 valence electrons. The Kier molecular flexibility index (Phi) is 4.96. The number of hydrogen-bond donors (Lipinski definition) is 1. The fourth-order valence-electron chi connectivity index (χ4n) is 2.14. The van der Waals surface area contributed by atoms with E-state index in [2.05, 4.69) is 13.5 Å². The Morgan fingerprint density at radius 2 is 1.78 bits per heavy atom. The summed E-state index contributed by atoms with van der Waals surface area (Å²) in [5.74, 6) is -1.76. The van der Waals surface area contributed by atoms with E-state index >= 15 is 0 Å². The third-order valence-corrected chi connectivity index (χ3v) is 3.46. The molecule has 0 heterocycles. The topological polar surface area (TPSA) is 63.6 Å². The van der Waals surface area contributed by atoms with E-state index in [9.17, 15) is 14.7 Å². The highest BCUT2D eigenvalue weighted by molar-refractivity contribution is 5.97. The number of aryl methyl sites for hydroxylation is 1. The lowest BCUT2D eigenvalue weighted by atomic mass is 9.99. The minimum absolute atomic E-state index is 0.0391. The first-order valence-corrected chi connectivity index (χ1v) is 7.27. The van der Waals surface area contributed by atoms with Gasteiger partial charge in [0.25, 0.3) is 0 Å². The van der Waals surface area contributed by atoms with Gasteiger partial charge in [0.1, 0.15) is 5.56 Å². The van der Waals surface area contributed by atoms with Crippen molar-refractivity contribution in [1.82, 2.24) is 0 Å². The van der Waals surface area contributed by atoms with Crippen LogP contribution in [0.4, 0.5) is 0 Å². The highest BCUT2D eigenvalue weighted by Crippen LogP contribution is 2.34. The van der Waals surface area contributed by atoms with Crippen LogP contribution in [-0.2, 0) is 11.2 Å². The van der Waals surface area contributed by atoms with Crippen LogP contribution < -0.4 is 4.74 Å². The van der Waals surface area contributed by atoms with E-state index in [0.717, 1.165) is 12.0 Å². The van der Waals surface area contributed by atoms with Crippen LogP contribution in [0.1, 0.15) is 29.8 Å². The number of carboxylic acids is 1. The molecule has 0 aromatic heterocycles. The van der Waals surface area contributed by atoms with E-state index in [1.165, 1.54) is 18.6 Å². The number of benzene rings is 2. The van der Waals surface area contributed by atoms with E-state index in [4.69, 9.17) is 4.74 Å². The predicted molar refractivity (Wildman–Crippen MR) is 88.7 cm³/mol. The molecule has 0 aliphatic rings. The number of hydrogen-bond acceptors (Lipinski definition) is 3. The monoisotopic (exact) mass is 310 g/mol. The molecule has 0 fully saturated rings. The number of carboxylic acid groups (broad SMARTS) is 1. The molecule has 0 amide bonds. The van der Waals surface area contributed by atoms with Crippen molar-refractivity contribution < 1.29 is 19.4 Å². The van der Waals surface area contributed by atoms with E-state index in [0.29, 0.717) is 5.56 Å². The largest absolute Gasteiger partial charge is 0.478 e. The molecular formula is C19H18O4. The second-order valence-electron chi connectivity index (χ2n) is 5.21. The zero-order valence-electron chi connectivity index (χ0n) is 13.1. The first-order chi connectivity index (χ1) is 10.9. The van der Waals surface area contributed by atoms with Crippen molar-refractivity contribution in [2.75, 3.05) is 0 Å². The standard InChI is InChI=1S/C19H18O4/c1-4-13-8-10-14(11-9-13)15-6-5-7-16(18(20)21)17(15)23-19(22)12(2)3/h5-11H,2,4H2,1,3H3,(H,20,21). The lowest BCUT2D eigenvalue weighted by Crippen LogP contribution is -2.12. The number of ether oxygens (including phenoxy) is 1. The molecular weight excluding hydrogens is 292 g/mol. The first-order valence-electron chi connectivity index (χ1n) is 7.27. The molecule has 2 rings (SSSR count). The fourth-order valence-corrected chi connectivity index (χ4v) is 2.14. The zero-order chi connectivity index (χ0) is 17.0. The Labute approximate surface area is 135 Å². The van der Waals surface area contributed by atoms with E-state index in [1.54, 1.807) is 12.1 Å². The second-order valence-corrected chi connectivity index (χ2v) is 5.21. The summed E-state index contributed by atoms with van der Waals surface area (Å²) in [5.41, 5.74) is 2.66. The number of rotatable bonds is 5. The highest BCUT2D eigenvalue weighted by Gasteiger charge is 2.19. The van der Waals surface area contributed by atoms with Gasteiger partial charge < -0.3 is 9.84 Å². The van der Waals surface area contributed by atoms with Crippen LogP contribution in [0.5, 0.6) is 5.75 Å². The summed E-state index contributed by atoms with van der Waals surface area (Å²) in [4.78, 5) is 23.3. The SMILES string of the molecule is C=C(C)C(=O)Oc1c(C(=O)O)cccc1-c1ccc(CC)cc1. The number of para-hydroxylation sites is 1. The molecule has 0 atom stereocenters. The molecule has 0 spiro atoms. The molecule has 4 heteroatoms. The van der Waals surface area contributed by atoms with Gasteiger partial charge in [-0.2, -0.15) is 0 Å². The van der Waals surface area contributed by atoms with Crippen molar-refractivity contribution in [3.8, 4) is 16.9 Å². The third kappa shape index (κ3) is 3.66. The van der Waals surface area contributed by atoms with Crippen LogP contribution in [-0.4, -0.2) is 17.0 Å². The summed E-state index contributed by atoms with van der Waals surface area (Å²) < 4.78 is 5.29. The van der Waals surface area contributed by atoms with Crippen molar-refractivity contribution in [1.29, 1.82) is 0 Å². The van der Waals surface area contributed by atoms with Crippen LogP contribution in [0.25, 0.3) is 11.1 Å². The summed E-state index contributed by atoms with van der Waals surface area (Å²) in [6.45, 7) is 7.10. The van der Waals surface area contributed by atoms with Crippen LogP contribution >= 0.6 is 0 Å². The number of carbonyl (C=O) groups excluding carboxylic acids is 1. The fraction of sp³-hybridized carbons (Fsp3) is 0.158. The first kappa shape index (κ1) is 16.5. The second kappa shape index (κ2) is 6.92. The molecule has 0 saturated carbocycles. The van der Waals surface area contributed by atoms with Crippen LogP contribution in [0.2, 0.25) is 0 Å². The quantitative estimate of drug-likeness (QED) is 0.513. The maximum Gasteiger partial charge on any atom is 0.339 e. The van der Waals surface area contributed by atoms with Gasteiger partial charge in [0, 0.05) is 11.1 Å². The van der Waals surface area contributed by atoms with Gasteiger partial charge in [-0.15, -0.1) is 0 Å². The smallest absolute Gasteiger partial charge is 0.339 e. The Morgan fingerprint density at radius 1 is 1.13 bits per heavy atom. The minimum atomic E-state index is -1.15. The van der Waals surface area contributed by atoms with Gasteiger partial charge in [-0.25, -0.2) is 9.59 Å². The van der Waals surface area contributed by atoms with Gasteiger partial charge >= 0.3 is 11.9 Å². The average Bonchev–Trinajstić information content (AvgIpc) is 2.54. The van der Waals surface area contributed by atoms with Crippen molar-refractivity contribution >= 4 is 11.9 Å². The Hall–Kier alpha value is -2.88. The Balaban J connectivity index is 2.57. The van der Waals surface area contributed by atoms with E-state index in [-0.39, 0.29) is 16.9 Å².